The Morgan fingerprint density at radius 2 is 1.04 bits per heavy atom. The van der Waals surface area contributed by atoms with E-state index in [2.05, 4.69) is 4.72 Å². The molecule has 0 aromatic heterocycles. The Labute approximate surface area is 139 Å². The third-order valence-electron chi connectivity index (χ3n) is 4.67. The van der Waals surface area contributed by atoms with Gasteiger partial charge in [-0.25, -0.2) is 8.42 Å². The summed E-state index contributed by atoms with van der Waals surface area (Å²) in [6, 6.07) is 5.72. The summed E-state index contributed by atoms with van der Waals surface area (Å²) in [5.74, 6) is 0. The molecule has 2 rings (SSSR count). The van der Waals surface area contributed by atoms with E-state index in [1.54, 1.807) is 0 Å². The van der Waals surface area contributed by atoms with Gasteiger partial charge in [-0.1, -0.05) is 6.07 Å². The normalized spacial score (nSPS) is 11.6. The lowest BCUT2D eigenvalue weighted by molar-refractivity contribution is 0.599. The largest absolute Gasteiger partial charge is 0.280 e. The number of benzene rings is 2. The number of aryl methyl sites for hydroxylation is 2. The molecule has 0 saturated heterocycles. The molecular formula is C19H25NO2S. The van der Waals surface area contributed by atoms with Crippen LogP contribution in [0, 0.1) is 48.5 Å². The molecule has 2 aromatic carbocycles. The molecule has 23 heavy (non-hydrogen) atoms. The van der Waals surface area contributed by atoms with Gasteiger partial charge in [0.1, 0.15) is 0 Å². The van der Waals surface area contributed by atoms with Gasteiger partial charge >= 0.3 is 0 Å². The zero-order chi connectivity index (χ0) is 17.5. The topological polar surface area (TPSA) is 46.2 Å². The van der Waals surface area contributed by atoms with Crippen LogP contribution in [0.5, 0.6) is 0 Å². The van der Waals surface area contributed by atoms with E-state index in [9.17, 15) is 8.42 Å². The lowest BCUT2D eigenvalue weighted by atomic mass is 9.95. The summed E-state index contributed by atoms with van der Waals surface area (Å²) in [4.78, 5) is 0.400. The fraction of sp³-hybridized carbons (Fsp3) is 0.368. The highest BCUT2D eigenvalue weighted by Gasteiger charge is 2.23. The van der Waals surface area contributed by atoms with Gasteiger partial charge < -0.3 is 0 Å². The minimum absolute atomic E-state index is 0.400. The minimum Gasteiger partial charge on any atom is -0.280 e. The van der Waals surface area contributed by atoms with Gasteiger partial charge in [0.2, 0.25) is 0 Å². The van der Waals surface area contributed by atoms with Gasteiger partial charge in [-0.15, -0.1) is 0 Å². The van der Waals surface area contributed by atoms with Gasteiger partial charge in [0, 0.05) is 5.69 Å². The summed E-state index contributed by atoms with van der Waals surface area (Å²) in [6.07, 6.45) is 0. The quantitative estimate of drug-likeness (QED) is 0.890. The first kappa shape index (κ1) is 17.5. The maximum Gasteiger partial charge on any atom is 0.262 e. The van der Waals surface area contributed by atoms with Gasteiger partial charge in [-0.05, 0) is 99.5 Å². The molecule has 0 fully saturated rings. The highest BCUT2D eigenvalue weighted by molar-refractivity contribution is 7.92. The smallest absolute Gasteiger partial charge is 0.262 e. The molecule has 4 heteroatoms. The van der Waals surface area contributed by atoms with Gasteiger partial charge in [0.25, 0.3) is 10.0 Å². The first-order valence-electron chi connectivity index (χ1n) is 7.72. The molecule has 0 saturated carbocycles. The molecule has 0 heterocycles. The second kappa shape index (κ2) is 6.00. The highest BCUT2D eigenvalue weighted by atomic mass is 32.2. The lowest BCUT2D eigenvalue weighted by Crippen LogP contribution is -2.17. The maximum atomic E-state index is 13.0. The Morgan fingerprint density at radius 3 is 1.48 bits per heavy atom. The zero-order valence-electron chi connectivity index (χ0n) is 15.0. The fourth-order valence-corrected chi connectivity index (χ4v) is 4.75. The molecule has 0 aliphatic rings. The molecular weight excluding hydrogens is 306 g/mol. The standard InChI is InChI=1S/C19H25NO2S/c1-11-8-12(2)10-18(9-11)20-23(21,22)19-16(6)14(4)13(3)15(5)17(19)7/h8-10,20H,1-7H3. The van der Waals surface area contributed by atoms with Crippen molar-refractivity contribution in [2.45, 2.75) is 53.4 Å². The first-order valence-corrected chi connectivity index (χ1v) is 9.21. The fourth-order valence-electron chi connectivity index (χ4n) is 3.11. The predicted molar refractivity (Wildman–Crippen MR) is 96.9 cm³/mol. The van der Waals surface area contributed by atoms with E-state index < -0.39 is 10.0 Å². The van der Waals surface area contributed by atoms with Crippen LogP contribution < -0.4 is 4.72 Å². The molecule has 1 N–H and O–H groups in total. The van der Waals surface area contributed by atoms with E-state index in [1.807, 2.05) is 66.7 Å². The van der Waals surface area contributed by atoms with Crippen molar-refractivity contribution in [2.24, 2.45) is 0 Å². The predicted octanol–water partition coefficient (Wildman–Crippen LogP) is 4.65. The molecule has 0 bridgehead atoms. The summed E-state index contributed by atoms with van der Waals surface area (Å²) < 4.78 is 28.7. The third kappa shape index (κ3) is 3.27. The number of sulfonamides is 1. The Bertz CT molecular complexity index is 831. The number of rotatable bonds is 3. The van der Waals surface area contributed by atoms with Crippen LogP contribution in [-0.4, -0.2) is 8.42 Å². The number of hydrogen-bond donors (Lipinski definition) is 1. The van der Waals surface area contributed by atoms with Crippen molar-refractivity contribution >= 4 is 15.7 Å². The van der Waals surface area contributed by atoms with Crippen molar-refractivity contribution in [3.63, 3.8) is 0 Å². The van der Waals surface area contributed by atoms with E-state index >= 15 is 0 Å². The van der Waals surface area contributed by atoms with Crippen LogP contribution in [0.2, 0.25) is 0 Å². The Balaban J connectivity index is 2.61. The van der Waals surface area contributed by atoms with E-state index in [1.165, 1.54) is 0 Å². The summed E-state index contributed by atoms with van der Waals surface area (Å²) >= 11 is 0. The molecule has 0 unspecified atom stereocenters. The summed E-state index contributed by atoms with van der Waals surface area (Å²) in [7, 11) is -3.62. The van der Waals surface area contributed by atoms with Crippen molar-refractivity contribution in [1.82, 2.24) is 0 Å². The van der Waals surface area contributed by atoms with E-state index in [0.29, 0.717) is 10.6 Å². The molecule has 0 radical (unpaired) electrons. The summed E-state index contributed by atoms with van der Waals surface area (Å²) in [6.45, 7) is 13.7. The van der Waals surface area contributed by atoms with Crippen molar-refractivity contribution in [1.29, 1.82) is 0 Å². The summed E-state index contributed by atoms with van der Waals surface area (Å²) in [5.41, 5.74) is 7.55. The summed E-state index contributed by atoms with van der Waals surface area (Å²) in [5, 5.41) is 0. The minimum atomic E-state index is -3.62. The molecule has 0 amide bonds. The second-order valence-corrected chi connectivity index (χ2v) is 8.06. The number of hydrogen-bond acceptors (Lipinski definition) is 2. The second-order valence-electron chi connectivity index (χ2n) is 6.44. The molecule has 0 aliphatic heterocycles. The van der Waals surface area contributed by atoms with Crippen LogP contribution in [-0.2, 0) is 10.0 Å². The Kier molecular flexibility index (Phi) is 4.58. The molecule has 124 valence electrons. The van der Waals surface area contributed by atoms with E-state index in [-0.39, 0.29) is 0 Å². The molecule has 2 aromatic rings. The van der Waals surface area contributed by atoms with Crippen LogP contribution in [0.15, 0.2) is 23.1 Å². The van der Waals surface area contributed by atoms with Crippen LogP contribution in [0.4, 0.5) is 5.69 Å². The molecule has 0 atom stereocenters. The number of anilines is 1. The Morgan fingerprint density at radius 1 is 0.652 bits per heavy atom. The third-order valence-corrected chi connectivity index (χ3v) is 6.33. The monoisotopic (exact) mass is 331 g/mol. The SMILES string of the molecule is Cc1cc(C)cc(NS(=O)(=O)c2c(C)c(C)c(C)c(C)c2C)c1. The van der Waals surface area contributed by atoms with Gasteiger partial charge in [0.05, 0.1) is 4.90 Å². The highest BCUT2D eigenvalue weighted by Crippen LogP contribution is 2.31. The van der Waals surface area contributed by atoms with Gasteiger partial charge in [-0.3, -0.25) is 4.72 Å². The average Bonchev–Trinajstić information content (AvgIpc) is 2.41. The molecule has 0 aliphatic carbocycles. The zero-order valence-corrected chi connectivity index (χ0v) is 15.8. The lowest BCUT2D eigenvalue weighted by Gasteiger charge is -2.19. The van der Waals surface area contributed by atoms with Crippen molar-refractivity contribution < 1.29 is 8.42 Å². The van der Waals surface area contributed by atoms with Crippen LogP contribution in [0.1, 0.15) is 38.9 Å². The Hall–Kier alpha value is -1.81. The first-order chi connectivity index (χ1) is 10.5. The van der Waals surface area contributed by atoms with Crippen LogP contribution in [0.3, 0.4) is 0 Å². The van der Waals surface area contributed by atoms with Crippen LogP contribution >= 0.6 is 0 Å². The van der Waals surface area contributed by atoms with Crippen LogP contribution in [0.25, 0.3) is 0 Å². The number of nitrogens with one attached hydrogen (secondary N) is 1. The van der Waals surface area contributed by atoms with Crippen molar-refractivity contribution in [2.75, 3.05) is 4.72 Å². The van der Waals surface area contributed by atoms with Gasteiger partial charge in [-0.2, -0.15) is 0 Å². The van der Waals surface area contributed by atoms with Gasteiger partial charge in [0.15, 0.2) is 0 Å². The average molecular weight is 331 g/mol. The van der Waals surface area contributed by atoms with E-state index in [0.717, 1.165) is 38.9 Å². The van der Waals surface area contributed by atoms with Crippen molar-refractivity contribution in [3.05, 3.63) is 57.1 Å². The van der Waals surface area contributed by atoms with Crippen molar-refractivity contribution in [3.8, 4) is 0 Å². The molecule has 0 spiro atoms. The van der Waals surface area contributed by atoms with E-state index in [4.69, 9.17) is 0 Å². The molecule has 3 nitrogen and oxygen atoms in total. The maximum absolute atomic E-state index is 13.0.